The van der Waals surface area contributed by atoms with Gasteiger partial charge in [-0.05, 0) is 74.4 Å². The van der Waals surface area contributed by atoms with Crippen molar-refractivity contribution in [2.45, 2.75) is 56.1 Å². The van der Waals surface area contributed by atoms with Gasteiger partial charge in [0.05, 0.1) is 27.9 Å². The Hall–Kier alpha value is -4.69. The number of nitrogens with zero attached hydrogens (tertiary/aromatic N) is 5. The van der Waals surface area contributed by atoms with Gasteiger partial charge in [-0.25, -0.2) is 26.9 Å². The summed E-state index contributed by atoms with van der Waals surface area (Å²) < 4.78 is 89.3. The lowest BCUT2D eigenvalue weighted by Gasteiger charge is -2.28. The predicted octanol–water partition coefficient (Wildman–Crippen LogP) is 6.17. The number of alkyl halides is 2. The van der Waals surface area contributed by atoms with E-state index in [1.165, 1.54) is 30.7 Å². The van der Waals surface area contributed by atoms with E-state index in [0.717, 1.165) is 23.1 Å². The van der Waals surface area contributed by atoms with E-state index < -0.39 is 68.6 Å². The number of nitrogens with one attached hydrogen (secondary N) is 1. The average Bonchev–Trinajstić information content (AvgIpc) is 3.62. The molecule has 0 spiro atoms. The van der Waals surface area contributed by atoms with Crippen molar-refractivity contribution in [3.8, 4) is 23.0 Å². The molecular formula is C36H31Cl2F4N7O4S. The van der Waals surface area contributed by atoms with E-state index in [1.54, 1.807) is 19.2 Å². The number of nitrogens with two attached hydrogens (primary N) is 1. The summed E-state index contributed by atoms with van der Waals surface area (Å²) in [5.41, 5.74) is 5.28. The first-order chi connectivity index (χ1) is 25.1. The fourth-order valence-electron chi connectivity index (χ4n) is 7.22. The summed E-state index contributed by atoms with van der Waals surface area (Å²) in [6.07, 6.45) is 0.775. The third-order valence-electron chi connectivity index (χ3n) is 9.43. The van der Waals surface area contributed by atoms with E-state index in [-0.39, 0.29) is 62.3 Å². The third-order valence-corrected chi connectivity index (χ3v) is 10.7. The first-order valence-corrected chi connectivity index (χ1v) is 19.1. The maximum atomic E-state index is 15.4. The molecule has 0 aliphatic heterocycles. The van der Waals surface area contributed by atoms with Gasteiger partial charge in [0.15, 0.2) is 5.82 Å². The molecule has 54 heavy (non-hydrogen) atoms. The highest BCUT2D eigenvalue weighted by Crippen LogP contribution is 2.68. The van der Waals surface area contributed by atoms with Gasteiger partial charge in [0.2, 0.25) is 15.9 Å². The van der Waals surface area contributed by atoms with Crippen LogP contribution in [0.25, 0.3) is 22.0 Å². The Balaban J connectivity index is 1.53. The summed E-state index contributed by atoms with van der Waals surface area (Å²) in [5, 5.41) is 19.0. The molecule has 0 saturated heterocycles. The zero-order valence-corrected chi connectivity index (χ0v) is 31.3. The number of sulfonamides is 1. The molecule has 1 unspecified atom stereocenters. The molecule has 4 atom stereocenters. The van der Waals surface area contributed by atoms with Gasteiger partial charge in [0.25, 0.3) is 5.92 Å². The summed E-state index contributed by atoms with van der Waals surface area (Å²) in [6.45, 7) is 2.90. The average molecular weight is 805 g/mol. The molecule has 5 aromatic rings. The number of pyridine rings is 1. The van der Waals surface area contributed by atoms with E-state index in [0.29, 0.717) is 17.1 Å². The molecule has 282 valence electrons. The summed E-state index contributed by atoms with van der Waals surface area (Å²) >= 11 is 13.4. The number of hydrogen-bond acceptors (Lipinski definition) is 7. The van der Waals surface area contributed by atoms with Crippen LogP contribution >= 0.6 is 23.2 Å². The van der Waals surface area contributed by atoms with Crippen LogP contribution in [-0.4, -0.2) is 55.8 Å². The van der Waals surface area contributed by atoms with Crippen molar-refractivity contribution in [3.05, 3.63) is 92.5 Å². The normalized spacial score (nSPS) is 18.4. The Morgan fingerprint density at radius 1 is 1.13 bits per heavy atom. The minimum atomic E-state index is -3.82. The van der Waals surface area contributed by atoms with Crippen molar-refractivity contribution in [1.82, 2.24) is 24.5 Å². The maximum absolute atomic E-state index is 15.4. The molecule has 1 saturated carbocycles. The number of anilines is 1. The standard InChI is InChI=1S/C36H31Cl2F4N7O4S/c1-35(2,51)10-9-19-5-6-20(21-7-8-25(37)27-29(21)48(3)46-34(27)47-54(4,52)53)28(44-19)23(13-16-11-17(39)14-18(40)12-16)30(33(43)50)49-32(38)26-22-15-24(22)36(41,42)31(26)45-49/h5-8,11-12,14,22-24,30,51H,13,15H2,1-4H3,(H2,43,50)(H,46,47)/t22-,23+,24+,30?/m0/s1. The van der Waals surface area contributed by atoms with Gasteiger partial charge in [0.1, 0.15) is 39.8 Å². The Morgan fingerprint density at radius 3 is 2.41 bits per heavy atom. The first-order valence-electron chi connectivity index (χ1n) is 16.4. The van der Waals surface area contributed by atoms with Crippen LogP contribution in [0, 0.1) is 29.4 Å². The highest BCUT2D eigenvalue weighted by atomic mass is 35.5. The van der Waals surface area contributed by atoms with Gasteiger partial charge >= 0.3 is 0 Å². The number of aromatic nitrogens is 5. The highest BCUT2D eigenvalue weighted by molar-refractivity contribution is 7.92. The molecule has 0 bridgehead atoms. The Kier molecular flexibility index (Phi) is 9.03. The number of fused-ring (bicyclic) bond motifs is 4. The second-order valence-corrected chi connectivity index (χ2v) is 16.6. The van der Waals surface area contributed by atoms with Crippen LogP contribution in [0.2, 0.25) is 10.2 Å². The number of aryl methyl sites for hydroxylation is 1. The van der Waals surface area contributed by atoms with Gasteiger partial charge in [-0.15, -0.1) is 0 Å². The summed E-state index contributed by atoms with van der Waals surface area (Å²) in [4.78, 5) is 18.5. The van der Waals surface area contributed by atoms with Crippen LogP contribution in [0.4, 0.5) is 23.4 Å². The number of aliphatic hydroxyl groups is 1. The van der Waals surface area contributed by atoms with Gasteiger partial charge in [-0.2, -0.15) is 19.0 Å². The van der Waals surface area contributed by atoms with Crippen LogP contribution in [-0.2, 0) is 34.2 Å². The predicted molar refractivity (Wildman–Crippen MR) is 194 cm³/mol. The number of primary amides is 1. The van der Waals surface area contributed by atoms with Crippen LogP contribution in [0.1, 0.15) is 66.4 Å². The number of halogens is 6. The topological polar surface area (TPSA) is 158 Å². The smallest absolute Gasteiger partial charge is 0.295 e. The lowest BCUT2D eigenvalue weighted by atomic mass is 9.84. The molecule has 2 aliphatic rings. The first kappa shape index (κ1) is 37.6. The van der Waals surface area contributed by atoms with Crippen molar-refractivity contribution in [3.63, 3.8) is 0 Å². The van der Waals surface area contributed by atoms with Gasteiger partial charge in [0, 0.05) is 41.6 Å². The van der Waals surface area contributed by atoms with E-state index >= 15 is 8.78 Å². The minimum Gasteiger partial charge on any atom is -0.378 e. The van der Waals surface area contributed by atoms with Gasteiger partial charge in [-0.3, -0.25) is 14.2 Å². The fourth-order valence-corrected chi connectivity index (χ4v) is 8.33. The van der Waals surface area contributed by atoms with Crippen molar-refractivity contribution in [1.29, 1.82) is 0 Å². The largest absolute Gasteiger partial charge is 0.378 e. The number of rotatable bonds is 9. The van der Waals surface area contributed by atoms with Crippen molar-refractivity contribution >= 4 is 55.9 Å². The second-order valence-electron chi connectivity index (χ2n) is 14.1. The van der Waals surface area contributed by atoms with Crippen LogP contribution in [0.5, 0.6) is 0 Å². The fraction of sp³-hybridized carbons (Fsp3) is 0.333. The molecule has 0 radical (unpaired) electrons. The lowest BCUT2D eigenvalue weighted by Crippen LogP contribution is -2.34. The van der Waals surface area contributed by atoms with Crippen LogP contribution in [0.15, 0.2) is 42.5 Å². The van der Waals surface area contributed by atoms with E-state index in [1.807, 2.05) is 0 Å². The summed E-state index contributed by atoms with van der Waals surface area (Å²) in [7, 11) is -2.28. The quantitative estimate of drug-likeness (QED) is 0.119. The molecule has 18 heteroatoms. The van der Waals surface area contributed by atoms with Crippen molar-refractivity contribution in [2.75, 3.05) is 11.0 Å². The lowest BCUT2D eigenvalue weighted by molar-refractivity contribution is -0.122. The van der Waals surface area contributed by atoms with Crippen molar-refractivity contribution in [2.24, 2.45) is 18.7 Å². The monoisotopic (exact) mass is 803 g/mol. The molecule has 7 rings (SSSR count). The molecule has 2 aromatic carbocycles. The molecule has 1 fully saturated rings. The Morgan fingerprint density at radius 2 is 1.80 bits per heavy atom. The number of hydrogen-bond donors (Lipinski definition) is 3. The zero-order chi connectivity index (χ0) is 39.2. The number of amides is 1. The number of carbonyl (C=O) groups excluding carboxylic acids is 1. The second kappa shape index (κ2) is 13.0. The Labute approximate surface area is 316 Å². The zero-order valence-electron chi connectivity index (χ0n) is 28.9. The Bertz CT molecular complexity index is 2560. The molecule has 1 amide bonds. The molecule has 11 nitrogen and oxygen atoms in total. The summed E-state index contributed by atoms with van der Waals surface area (Å²) in [6, 6.07) is 7.29. The van der Waals surface area contributed by atoms with Crippen LogP contribution in [0.3, 0.4) is 0 Å². The van der Waals surface area contributed by atoms with E-state index in [9.17, 15) is 27.1 Å². The molecule has 2 aliphatic carbocycles. The molecular weight excluding hydrogens is 773 g/mol. The van der Waals surface area contributed by atoms with Gasteiger partial charge < -0.3 is 10.8 Å². The minimum absolute atomic E-state index is 0.0382. The number of carbonyl (C=O) groups is 1. The molecule has 3 aromatic heterocycles. The van der Waals surface area contributed by atoms with Crippen molar-refractivity contribution < 1.29 is 35.9 Å². The SMILES string of the molecule is Cn1nc(NS(C)(=O)=O)c2c(Cl)ccc(-c3ccc(C#CC(C)(C)O)nc3[C@@H](Cc3cc(F)cc(F)c3)C(C(N)=O)n3nc4c(c3Cl)[C@H]3C[C@H]3C4(F)F)c21. The van der Waals surface area contributed by atoms with E-state index in [2.05, 4.69) is 26.8 Å². The van der Waals surface area contributed by atoms with Gasteiger partial charge in [-0.1, -0.05) is 35.2 Å². The third kappa shape index (κ3) is 6.78. The molecule has 4 N–H and O–H groups in total. The van der Waals surface area contributed by atoms with Crippen LogP contribution < -0.4 is 10.5 Å². The maximum Gasteiger partial charge on any atom is 0.295 e. The number of benzene rings is 2. The summed E-state index contributed by atoms with van der Waals surface area (Å²) in [5.74, 6) is -3.72. The van der Waals surface area contributed by atoms with E-state index in [4.69, 9.17) is 33.9 Å². The molecule has 3 heterocycles. The highest BCUT2D eigenvalue weighted by Gasteiger charge is 2.67.